The standard InChI is InChI=1S/C14H6F14O2/c1-3(2)4(29)30-11-8(19,20)5-6(15,16)9(21,13(11,25)26)12(23,24)10(22,7(5,17)18)14(11,27)28/h5H,1H2,2H3. The second-order valence-corrected chi connectivity index (χ2v) is 7.19. The van der Waals surface area contributed by atoms with Crippen LogP contribution in [0.1, 0.15) is 6.92 Å². The molecule has 0 aromatic carbocycles. The molecular weight excluding hydrogens is 466 g/mol. The van der Waals surface area contributed by atoms with E-state index >= 15 is 0 Å². The highest BCUT2D eigenvalue weighted by molar-refractivity contribution is 5.87. The molecule has 0 aromatic heterocycles. The summed E-state index contributed by atoms with van der Waals surface area (Å²) in [4.78, 5) is 11.5. The van der Waals surface area contributed by atoms with Crippen LogP contribution in [0.5, 0.6) is 0 Å². The predicted molar refractivity (Wildman–Crippen MR) is 64.5 cm³/mol. The van der Waals surface area contributed by atoms with Gasteiger partial charge in [-0.05, 0) is 6.92 Å². The summed E-state index contributed by atoms with van der Waals surface area (Å²) in [5.74, 6) is -52.6. The predicted octanol–water partition coefficient (Wildman–Crippen LogP) is 4.73. The summed E-state index contributed by atoms with van der Waals surface area (Å²) in [6.45, 7) is 2.98. The maximum atomic E-state index is 14.7. The van der Waals surface area contributed by atoms with Gasteiger partial charge in [-0.15, -0.1) is 0 Å². The highest BCUT2D eigenvalue weighted by Gasteiger charge is 3.19. The van der Waals surface area contributed by atoms with Crippen molar-refractivity contribution in [1.82, 2.24) is 0 Å². The molecule has 4 rings (SSSR count). The molecule has 2 unspecified atom stereocenters. The van der Waals surface area contributed by atoms with Crippen molar-refractivity contribution in [1.29, 1.82) is 0 Å². The fourth-order valence-electron chi connectivity index (χ4n) is 4.28. The summed E-state index contributed by atoms with van der Waals surface area (Å²) >= 11 is 0. The molecule has 0 heterocycles. The Kier molecular flexibility index (Phi) is 3.69. The molecule has 0 aromatic rings. The first-order valence-electron chi connectivity index (χ1n) is 7.48. The van der Waals surface area contributed by atoms with Crippen LogP contribution in [0, 0.1) is 5.92 Å². The van der Waals surface area contributed by atoms with E-state index in [-0.39, 0.29) is 0 Å². The van der Waals surface area contributed by atoms with E-state index < -0.39 is 69.9 Å². The van der Waals surface area contributed by atoms with Crippen molar-refractivity contribution in [2.75, 3.05) is 0 Å². The van der Waals surface area contributed by atoms with Gasteiger partial charge in [0, 0.05) is 5.57 Å². The summed E-state index contributed by atoms with van der Waals surface area (Å²) in [7, 11) is 0. The average molecular weight is 472 g/mol. The smallest absolute Gasteiger partial charge is 0.344 e. The fourth-order valence-corrected chi connectivity index (χ4v) is 4.28. The number of carbonyl (C=O) groups is 1. The second kappa shape index (κ2) is 4.84. The van der Waals surface area contributed by atoms with Crippen LogP contribution < -0.4 is 0 Å². The monoisotopic (exact) mass is 472 g/mol. The van der Waals surface area contributed by atoms with E-state index in [1.165, 1.54) is 0 Å². The third kappa shape index (κ3) is 1.48. The molecule has 4 fully saturated rings. The van der Waals surface area contributed by atoms with Gasteiger partial charge in [0.2, 0.25) is 0 Å². The topological polar surface area (TPSA) is 26.3 Å². The maximum Gasteiger partial charge on any atom is 0.344 e. The number of hydrogen-bond acceptors (Lipinski definition) is 2. The molecule has 4 bridgehead atoms. The number of alkyl halides is 14. The first-order chi connectivity index (χ1) is 12.9. The Balaban J connectivity index is 2.61. The van der Waals surface area contributed by atoms with E-state index in [1.807, 2.05) is 0 Å². The molecular formula is C14H6F14O2. The number of hydrogen-bond donors (Lipinski definition) is 0. The molecule has 0 aliphatic heterocycles. The minimum absolute atomic E-state index is 0.408. The van der Waals surface area contributed by atoms with Crippen molar-refractivity contribution < 1.29 is 71.0 Å². The first kappa shape index (κ1) is 22.9. The maximum absolute atomic E-state index is 14.7. The Labute approximate surface area is 155 Å². The van der Waals surface area contributed by atoms with Gasteiger partial charge in [0.15, 0.2) is 5.92 Å². The molecule has 4 aliphatic carbocycles. The third-order valence-corrected chi connectivity index (χ3v) is 5.68. The van der Waals surface area contributed by atoms with Gasteiger partial charge in [-0.2, -0.15) is 26.3 Å². The minimum atomic E-state index is -7.65. The SMILES string of the molecule is C=C(C)C(=O)OC12C(F)(F)C3C(F)(F)C(F)(C(F)(F)C(F)(C3(F)F)C1(F)F)C2(F)F. The van der Waals surface area contributed by atoms with Crippen molar-refractivity contribution in [3.8, 4) is 0 Å². The van der Waals surface area contributed by atoms with Crippen molar-refractivity contribution in [3.63, 3.8) is 0 Å². The van der Waals surface area contributed by atoms with Crippen LogP contribution in [0.3, 0.4) is 0 Å². The van der Waals surface area contributed by atoms with Crippen LogP contribution in [-0.2, 0) is 9.53 Å². The van der Waals surface area contributed by atoms with Crippen LogP contribution in [0.15, 0.2) is 12.2 Å². The molecule has 16 heteroatoms. The van der Waals surface area contributed by atoms with Gasteiger partial charge >= 0.3 is 58.4 Å². The molecule has 30 heavy (non-hydrogen) atoms. The van der Waals surface area contributed by atoms with E-state index in [9.17, 15) is 66.3 Å². The van der Waals surface area contributed by atoms with Crippen LogP contribution in [-0.4, -0.2) is 58.4 Å². The number of ether oxygens (including phenoxy) is 1. The molecule has 2 atom stereocenters. The molecule has 172 valence electrons. The normalized spacial score (nSPS) is 45.1. The van der Waals surface area contributed by atoms with Crippen LogP contribution in [0.4, 0.5) is 61.5 Å². The van der Waals surface area contributed by atoms with Gasteiger partial charge in [-0.25, -0.2) is 39.9 Å². The first-order valence-corrected chi connectivity index (χ1v) is 7.48. The Bertz CT molecular complexity index is 819. The van der Waals surface area contributed by atoms with Crippen LogP contribution in [0.25, 0.3) is 0 Å². The second-order valence-electron chi connectivity index (χ2n) is 7.19. The van der Waals surface area contributed by atoms with Gasteiger partial charge in [0.1, 0.15) is 0 Å². The molecule has 4 aliphatic rings. The van der Waals surface area contributed by atoms with Crippen LogP contribution in [0.2, 0.25) is 0 Å². The molecule has 0 radical (unpaired) electrons. The zero-order chi connectivity index (χ0) is 23.9. The lowest BCUT2D eigenvalue weighted by molar-refractivity contribution is -0.596. The lowest BCUT2D eigenvalue weighted by Crippen LogP contribution is -3.06. The molecule has 0 spiro atoms. The fraction of sp³-hybridized carbons (Fsp3) is 0.786. The summed E-state index contributed by atoms with van der Waals surface area (Å²) in [6, 6.07) is 0. The Morgan fingerprint density at radius 1 is 0.667 bits per heavy atom. The largest absolute Gasteiger partial charge is 0.436 e. The number of carbonyl (C=O) groups excluding carboxylic acids is 1. The van der Waals surface area contributed by atoms with Crippen molar-refractivity contribution in [3.05, 3.63) is 12.2 Å². The van der Waals surface area contributed by atoms with Crippen molar-refractivity contribution in [2.24, 2.45) is 5.92 Å². The van der Waals surface area contributed by atoms with Gasteiger partial charge in [-0.1, -0.05) is 6.58 Å². The van der Waals surface area contributed by atoms with E-state index in [0.717, 1.165) is 0 Å². The van der Waals surface area contributed by atoms with Gasteiger partial charge in [0.25, 0.3) is 0 Å². The number of rotatable bonds is 2. The highest BCUT2D eigenvalue weighted by Crippen LogP contribution is 2.87. The number of esters is 1. The Morgan fingerprint density at radius 2 is 1.00 bits per heavy atom. The van der Waals surface area contributed by atoms with Gasteiger partial charge < -0.3 is 4.74 Å². The summed E-state index contributed by atoms with van der Waals surface area (Å²) in [6.07, 6.45) is 0. The summed E-state index contributed by atoms with van der Waals surface area (Å²) in [5, 5.41) is 0. The molecule has 0 N–H and O–H groups in total. The third-order valence-electron chi connectivity index (χ3n) is 5.68. The van der Waals surface area contributed by atoms with E-state index in [2.05, 4.69) is 11.3 Å². The van der Waals surface area contributed by atoms with Crippen molar-refractivity contribution in [2.45, 2.75) is 59.4 Å². The van der Waals surface area contributed by atoms with Gasteiger partial charge in [0.05, 0.1) is 0 Å². The lowest BCUT2D eigenvalue weighted by Gasteiger charge is -2.72. The quantitative estimate of drug-likeness (QED) is 0.330. The van der Waals surface area contributed by atoms with Gasteiger partial charge in [-0.3, -0.25) is 0 Å². The highest BCUT2D eigenvalue weighted by atomic mass is 19.3. The zero-order valence-corrected chi connectivity index (χ0v) is 13.9. The lowest BCUT2D eigenvalue weighted by atomic mass is 9.41. The van der Waals surface area contributed by atoms with E-state index in [1.54, 1.807) is 0 Å². The summed E-state index contributed by atoms with van der Waals surface area (Å²) < 4.78 is 204. The summed E-state index contributed by atoms with van der Waals surface area (Å²) in [5.41, 5.74) is -22.9. The molecule has 0 amide bonds. The average Bonchev–Trinajstić information content (AvgIpc) is 2.52. The van der Waals surface area contributed by atoms with Crippen molar-refractivity contribution >= 4 is 5.97 Å². The zero-order valence-electron chi connectivity index (χ0n) is 13.9. The Hall–Kier alpha value is -1.77. The molecule has 2 nitrogen and oxygen atoms in total. The van der Waals surface area contributed by atoms with Crippen LogP contribution >= 0.6 is 0 Å². The Morgan fingerprint density at radius 3 is 1.30 bits per heavy atom. The van der Waals surface area contributed by atoms with E-state index in [0.29, 0.717) is 6.92 Å². The minimum Gasteiger partial charge on any atom is -0.436 e. The number of halogens is 14. The molecule has 0 saturated heterocycles. The molecule has 4 saturated carbocycles. The van der Waals surface area contributed by atoms with E-state index in [4.69, 9.17) is 0 Å².